The number of hydrogen-bond donors (Lipinski definition) is 2. The Kier molecular flexibility index (Phi) is 9.30. The first kappa shape index (κ1) is 19.6. The van der Waals surface area contributed by atoms with Crippen LogP contribution in [0, 0.1) is 11.3 Å². The highest BCUT2D eigenvalue weighted by Gasteiger charge is 2.24. The van der Waals surface area contributed by atoms with Gasteiger partial charge in [0, 0.05) is 35.3 Å². The van der Waals surface area contributed by atoms with Crippen molar-refractivity contribution in [1.82, 2.24) is 5.32 Å². The molecule has 20 heavy (non-hydrogen) atoms. The molecule has 5 heteroatoms. The average molecular weight is 304 g/mol. The van der Waals surface area contributed by atoms with E-state index in [1.165, 1.54) is 0 Å². The first-order chi connectivity index (χ1) is 9.18. The molecule has 0 aliphatic heterocycles. The Morgan fingerprint density at radius 2 is 1.85 bits per heavy atom. The summed E-state index contributed by atoms with van der Waals surface area (Å²) in [5.41, 5.74) is 5.83. The van der Waals surface area contributed by atoms with Gasteiger partial charge in [0.25, 0.3) is 0 Å². The highest BCUT2D eigenvalue weighted by Crippen LogP contribution is 2.31. The van der Waals surface area contributed by atoms with Crippen molar-refractivity contribution in [1.29, 1.82) is 0 Å². The van der Waals surface area contributed by atoms with Gasteiger partial charge in [-0.25, -0.2) is 0 Å². The minimum absolute atomic E-state index is 0.0883. The van der Waals surface area contributed by atoms with Gasteiger partial charge in [-0.05, 0) is 37.1 Å². The molecule has 0 spiro atoms. The summed E-state index contributed by atoms with van der Waals surface area (Å²) in [6.45, 7) is 9.82. The molecule has 0 fully saturated rings. The van der Waals surface area contributed by atoms with E-state index in [4.69, 9.17) is 5.73 Å². The van der Waals surface area contributed by atoms with Crippen LogP contribution < -0.4 is 11.1 Å². The molecular formula is C15H32N2O2S. The van der Waals surface area contributed by atoms with E-state index in [1.54, 1.807) is 6.26 Å². The van der Waals surface area contributed by atoms with Gasteiger partial charge < -0.3 is 11.1 Å². The number of carbonyl (C=O) groups is 1. The molecule has 0 heterocycles. The molecular weight excluding hydrogens is 272 g/mol. The zero-order valence-corrected chi connectivity index (χ0v) is 14.5. The van der Waals surface area contributed by atoms with Gasteiger partial charge in [-0.3, -0.25) is 9.00 Å². The second kappa shape index (κ2) is 9.50. The fourth-order valence-electron chi connectivity index (χ4n) is 2.19. The standard InChI is InChI=1S/C15H32N2O2S/c1-12(20(5)19)9-11-17-14(18)7-6-13(8-10-16)15(2,3)4/h12-13H,6-11,16H2,1-5H3,(H,17,18). The summed E-state index contributed by atoms with van der Waals surface area (Å²) in [6, 6.07) is 0. The van der Waals surface area contributed by atoms with E-state index in [1.807, 2.05) is 6.92 Å². The molecule has 0 aromatic heterocycles. The Bertz CT molecular complexity index is 313. The van der Waals surface area contributed by atoms with Crippen LogP contribution in [0.4, 0.5) is 0 Å². The molecule has 0 saturated carbocycles. The van der Waals surface area contributed by atoms with Crippen LogP contribution >= 0.6 is 0 Å². The van der Waals surface area contributed by atoms with Crippen molar-refractivity contribution in [3.05, 3.63) is 0 Å². The molecule has 0 bridgehead atoms. The third kappa shape index (κ3) is 8.69. The van der Waals surface area contributed by atoms with Crippen LogP contribution in [0.5, 0.6) is 0 Å². The van der Waals surface area contributed by atoms with Gasteiger partial charge in [-0.15, -0.1) is 0 Å². The topological polar surface area (TPSA) is 72.2 Å². The number of rotatable bonds is 9. The van der Waals surface area contributed by atoms with Crippen molar-refractivity contribution in [2.75, 3.05) is 19.3 Å². The molecule has 0 aromatic carbocycles. The van der Waals surface area contributed by atoms with Gasteiger partial charge in [0.2, 0.25) is 5.91 Å². The SMILES string of the molecule is CC(CCNC(=O)CCC(CCN)C(C)(C)C)S(C)=O. The van der Waals surface area contributed by atoms with Crippen LogP contribution in [0.15, 0.2) is 0 Å². The predicted octanol–water partition coefficient (Wildman–Crippen LogP) is 2.05. The Morgan fingerprint density at radius 1 is 1.25 bits per heavy atom. The largest absolute Gasteiger partial charge is 0.356 e. The molecule has 0 aliphatic rings. The van der Waals surface area contributed by atoms with Gasteiger partial charge in [0.15, 0.2) is 0 Å². The Balaban J connectivity index is 3.99. The summed E-state index contributed by atoms with van der Waals surface area (Å²) in [5.74, 6) is 0.561. The molecule has 0 aromatic rings. The maximum atomic E-state index is 11.8. The van der Waals surface area contributed by atoms with E-state index in [9.17, 15) is 9.00 Å². The zero-order chi connectivity index (χ0) is 15.8. The van der Waals surface area contributed by atoms with E-state index in [0.717, 1.165) is 19.3 Å². The molecule has 0 saturated heterocycles. The fraction of sp³-hybridized carbons (Fsp3) is 0.933. The third-order valence-corrected chi connectivity index (χ3v) is 5.27. The van der Waals surface area contributed by atoms with Crippen molar-refractivity contribution in [3.63, 3.8) is 0 Å². The molecule has 4 nitrogen and oxygen atoms in total. The summed E-state index contributed by atoms with van der Waals surface area (Å²) in [4.78, 5) is 11.8. The Hall–Kier alpha value is -0.420. The van der Waals surface area contributed by atoms with Gasteiger partial charge in [-0.2, -0.15) is 0 Å². The normalized spacial score (nSPS) is 16.5. The van der Waals surface area contributed by atoms with Crippen molar-refractivity contribution >= 4 is 16.7 Å². The summed E-state index contributed by atoms with van der Waals surface area (Å²) in [5, 5.41) is 3.05. The second-order valence-electron chi connectivity index (χ2n) is 6.63. The van der Waals surface area contributed by atoms with E-state index in [2.05, 4.69) is 26.1 Å². The number of carbonyl (C=O) groups excluding carboxylic acids is 1. The van der Waals surface area contributed by atoms with E-state index in [-0.39, 0.29) is 16.6 Å². The number of amides is 1. The summed E-state index contributed by atoms with van der Waals surface area (Å²) >= 11 is 0. The lowest BCUT2D eigenvalue weighted by Gasteiger charge is -2.30. The lowest BCUT2D eigenvalue weighted by Crippen LogP contribution is -2.29. The molecule has 120 valence electrons. The molecule has 0 aliphatic carbocycles. The lowest BCUT2D eigenvalue weighted by atomic mass is 9.76. The van der Waals surface area contributed by atoms with Crippen molar-refractivity contribution in [3.8, 4) is 0 Å². The van der Waals surface area contributed by atoms with Crippen LogP contribution in [-0.2, 0) is 15.6 Å². The van der Waals surface area contributed by atoms with Crippen molar-refractivity contribution < 1.29 is 9.00 Å². The van der Waals surface area contributed by atoms with Crippen molar-refractivity contribution in [2.24, 2.45) is 17.1 Å². The lowest BCUT2D eigenvalue weighted by molar-refractivity contribution is -0.121. The quantitative estimate of drug-likeness (QED) is 0.685. The highest BCUT2D eigenvalue weighted by molar-refractivity contribution is 7.84. The average Bonchev–Trinajstić information content (AvgIpc) is 2.32. The third-order valence-electron chi connectivity index (χ3n) is 3.90. The van der Waals surface area contributed by atoms with Gasteiger partial charge in [0.05, 0.1) is 0 Å². The highest BCUT2D eigenvalue weighted by atomic mass is 32.2. The van der Waals surface area contributed by atoms with E-state index in [0.29, 0.717) is 25.4 Å². The first-order valence-corrected chi connectivity index (χ1v) is 9.09. The van der Waals surface area contributed by atoms with E-state index >= 15 is 0 Å². The van der Waals surface area contributed by atoms with Crippen LogP contribution in [-0.4, -0.2) is 34.7 Å². The maximum absolute atomic E-state index is 11.8. The molecule has 0 rings (SSSR count). The van der Waals surface area contributed by atoms with Crippen LogP contribution in [0.2, 0.25) is 0 Å². The van der Waals surface area contributed by atoms with Gasteiger partial charge in [0.1, 0.15) is 0 Å². The summed E-state index contributed by atoms with van der Waals surface area (Å²) in [6.07, 6.45) is 4.85. The smallest absolute Gasteiger partial charge is 0.220 e. The van der Waals surface area contributed by atoms with Gasteiger partial charge >= 0.3 is 0 Å². The maximum Gasteiger partial charge on any atom is 0.220 e. The Labute approximate surface area is 126 Å². The Morgan fingerprint density at radius 3 is 2.30 bits per heavy atom. The predicted molar refractivity (Wildman–Crippen MR) is 87.0 cm³/mol. The number of nitrogens with one attached hydrogen (secondary N) is 1. The first-order valence-electron chi connectivity index (χ1n) is 7.47. The van der Waals surface area contributed by atoms with Gasteiger partial charge in [-0.1, -0.05) is 27.7 Å². The summed E-state index contributed by atoms with van der Waals surface area (Å²) in [7, 11) is -0.816. The van der Waals surface area contributed by atoms with E-state index < -0.39 is 10.8 Å². The number of hydrogen-bond acceptors (Lipinski definition) is 3. The fourth-order valence-corrected chi connectivity index (χ4v) is 2.64. The minimum atomic E-state index is -0.816. The van der Waals surface area contributed by atoms with Crippen LogP contribution in [0.1, 0.15) is 53.4 Å². The zero-order valence-electron chi connectivity index (χ0n) is 13.7. The number of nitrogens with two attached hydrogens (primary N) is 1. The minimum Gasteiger partial charge on any atom is -0.356 e. The molecule has 3 atom stereocenters. The monoisotopic (exact) mass is 304 g/mol. The van der Waals surface area contributed by atoms with Crippen LogP contribution in [0.3, 0.4) is 0 Å². The molecule has 3 unspecified atom stereocenters. The van der Waals surface area contributed by atoms with Crippen LogP contribution in [0.25, 0.3) is 0 Å². The second-order valence-corrected chi connectivity index (χ2v) is 8.43. The summed E-state index contributed by atoms with van der Waals surface area (Å²) < 4.78 is 11.2. The van der Waals surface area contributed by atoms with Crippen molar-refractivity contribution in [2.45, 2.75) is 58.6 Å². The molecule has 3 N–H and O–H groups in total. The molecule has 0 radical (unpaired) electrons. The molecule has 1 amide bonds.